The predicted molar refractivity (Wildman–Crippen MR) is 82.5 cm³/mol. The molecular formula is C13H24N6O2S. The molecule has 124 valence electrons. The fourth-order valence-corrected chi connectivity index (χ4v) is 4.21. The molecule has 0 spiro atoms. The van der Waals surface area contributed by atoms with Gasteiger partial charge in [0.2, 0.25) is 0 Å². The van der Waals surface area contributed by atoms with Crippen molar-refractivity contribution in [1.82, 2.24) is 28.3 Å². The summed E-state index contributed by atoms with van der Waals surface area (Å²) in [5.74, 6) is 2.23. The lowest BCUT2D eigenvalue weighted by Crippen LogP contribution is -2.44. The van der Waals surface area contributed by atoms with Gasteiger partial charge in [-0.25, -0.2) is 0 Å². The lowest BCUT2D eigenvalue weighted by atomic mass is 9.96. The van der Waals surface area contributed by atoms with Gasteiger partial charge < -0.3 is 9.47 Å². The summed E-state index contributed by atoms with van der Waals surface area (Å²) >= 11 is 0. The molecule has 0 aromatic carbocycles. The first-order valence-electron chi connectivity index (χ1n) is 7.67. The SMILES string of the molecule is CN1CCC(c2nnc3n2CCN(S(=O)(=O)N(C)C)C3)CC1. The smallest absolute Gasteiger partial charge is 0.281 e. The summed E-state index contributed by atoms with van der Waals surface area (Å²) in [5.41, 5.74) is 0. The number of aromatic nitrogens is 3. The number of piperidine rings is 1. The Hall–Kier alpha value is -1.03. The average Bonchev–Trinajstić information content (AvgIpc) is 2.91. The van der Waals surface area contributed by atoms with Gasteiger partial charge in [-0.1, -0.05) is 0 Å². The topological polar surface area (TPSA) is 74.6 Å². The third-order valence-corrected chi connectivity index (χ3v) is 6.51. The quantitative estimate of drug-likeness (QED) is 0.762. The third-order valence-electron chi connectivity index (χ3n) is 4.62. The van der Waals surface area contributed by atoms with Gasteiger partial charge in [0.15, 0.2) is 0 Å². The van der Waals surface area contributed by atoms with E-state index in [4.69, 9.17) is 0 Å². The highest BCUT2D eigenvalue weighted by molar-refractivity contribution is 7.86. The van der Waals surface area contributed by atoms with Gasteiger partial charge in [-0.05, 0) is 33.0 Å². The Kier molecular flexibility index (Phi) is 4.23. The Morgan fingerprint density at radius 3 is 2.41 bits per heavy atom. The number of fused-ring (bicyclic) bond motifs is 1. The monoisotopic (exact) mass is 328 g/mol. The first-order valence-corrected chi connectivity index (χ1v) is 9.07. The Bertz CT molecular complexity index is 633. The van der Waals surface area contributed by atoms with E-state index in [1.165, 1.54) is 8.61 Å². The van der Waals surface area contributed by atoms with Crippen molar-refractivity contribution in [2.45, 2.75) is 31.8 Å². The largest absolute Gasteiger partial charge is 0.312 e. The van der Waals surface area contributed by atoms with Gasteiger partial charge >= 0.3 is 0 Å². The van der Waals surface area contributed by atoms with Crippen molar-refractivity contribution >= 4 is 10.2 Å². The minimum atomic E-state index is -3.39. The average molecular weight is 328 g/mol. The molecule has 0 N–H and O–H groups in total. The van der Waals surface area contributed by atoms with Crippen LogP contribution in [0.25, 0.3) is 0 Å². The van der Waals surface area contributed by atoms with Crippen LogP contribution in [0.3, 0.4) is 0 Å². The number of hydrogen-bond acceptors (Lipinski definition) is 5. The second kappa shape index (κ2) is 5.88. The number of nitrogens with zero attached hydrogens (tertiary/aromatic N) is 6. The molecule has 1 aromatic heterocycles. The van der Waals surface area contributed by atoms with E-state index in [0.29, 0.717) is 25.6 Å². The summed E-state index contributed by atoms with van der Waals surface area (Å²) < 4.78 is 29.3. The van der Waals surface area contributed by atoms with E-state index >= 15 is 0 Å². The highest BCUT2D eigenvalue weighted by Crippen LogP contribution is 2.28. The summed E-state index contributed by atoms with van der Waals surface area (Å²) in [6.45, 7) is 3.57. The van der Waals surface area contributed by atoms with Crippen molar-refractivity contribution in [2.24, 2.45) is 0 Å². The van der Waals surface area contributed by atoms with Crippen LogP contribution in [-0.4, -0.2) is 77.5 Å². The van der Waals surface area contributed by atoms with Crippen molar-refractivity contribution in [3.8, 4) is 0 Å². The number of rotatable bonds is 3. The fraction of sp³-hybridized carbons (Fsp3) is 0.846. The molecule has 0 atom stereocenters. The molecule has 2 aliphatic rings. The Morgan fingerprint density at radius 1 is 1.09 bits per heavy atom. The van der Waals surface area contributed by atoms with Crippen LogP contribution >= 0.6 is 0 Å². The Balaban J connectivity index is 1.78. The van der Waals surface area contributed by atoms with E-state index in [1.807, 2.05) is 0 Å². The van der Waals surface area contributed by atoms with Crippen LogP contribution in [0.2, 0.25) is 0 Å². The van der Waals surface area contributed by atoms with E-state index in [1.54, 1.807) is 14.1 Å². The van der Waals surface area contributed by atoms with Crippen LogP contribution in [-0.2, 0) is 23.3 Å². The summed E-state index contributed by atoms with van der Waals surface area (Å²) in [5, 5.41) is 8.62. The molecule has 8 nitrogen and oxygen atoms in total. The molecule has 0 bridgehead atoms. The molecular weight excluding hydrogens is 304 g/mol. The van der Waals surface area contributed by atoms with Gasteiger partial charge in [0.25, 0.3) is 10.2 Å². The van der Waals surface area contributed by atoms with E-state index in [2.05, 4.69) is 26.7 Å². The maximum Gasteiger partial charge on any atom is 0.281 e. The van der Waals surface area contributed by atoms with E-state index in [9.17, 15) is 8.42 Å². The summed E-state index contributed by atoms with van der Waals surface area (Å²) in [6, 6.07) is 0. The first-order chi connectivity index (χ1) is 10.4. The van der Waals surface area contributed by atoms with E-state index in [-0.39, 0.29) is 0 Å². The normalized spacial score (nSPS) is 22.2. The van der Waals surface area contributed by atoms with E-state index in [0.717, 1.165) is 37.6 Å². The molecule has 3 heterocycles. The standard InChI is InChI=1S/C13H24N6O2S/c1-16(2)22(20,21)18-8-9-19-12(10-18)14-15-13(19)11-4-6-17(3)7-5-11/h11H,4-10H2,1-3H3. The Morgan fingerprint density at radius 2 is 1.77 bits per heavy atom. The van der Waals surface area contributed by atoms with Gasteiger partial charge in [0.1, 0.15) is 11.6 Å². The summed E-state index contributed by atoms with van der Waals surface area (Å²) in [4.78, 5) is 2.33. The van der Waals surface area contributed by atoms with Crippen LogP contribution in [0.1, 0.15) is 30.4 Å². The van der Waals surface area contributed by atoms with Gasteiger partial charge in [0, 0.05) is 33.1 Å². The molecule has 1 saturated heterocycles. The van der Waals surface area contributed by atoms with Crippen LogP contribution in [0, 0.1) is 0 Å². The number of hydrogen-bond donors (Lipinski definition) is 0. The third kappa shape index (κ3) is 2.78. The van der Waals surface area contributed by atoms with Crippen LogP contribution in [0.4, 0.5) is 0 Å². The van der Waals surface area contributed by atoms with Gasteiger partial charge in [-0.2, -0.15) is 17.0 Å². The zero-order valence-corrected chi connectivity index (χ0v) is 14.3. The zero-order valence-electron chi connectivity index (χ0n) is 13.4. The summed E-state index contributed by atoms with van der Waals surface area (Å²) in [6.07, 6.45) is 2.18. The molecule has 1 aromatic rings. The first kappa shape index (κ1) is 15.9. The van der Waals surface area contributed by atoms with Crippen LogP contribution in [0.15, 0.2) is 0 Å². The second-order valence-corrected chi connectivity index (χ2v) is 8.47. The van der Waals surface area contributed by atoms with Crippen molar-refractivity contribution in [2.75, 3.05) is 40.8 Å². The van der Waals surface area contributed by atoms with Crippen molar-refractivity contribution in [3.05, 3.63) is 11.6 Å². The lowest BCUT2D eigenvalue weighted by molar-refractivity contribution is 0.244. The molecule has 1 fully saturated rings. The van der Waals surface area contributed by atoms with Crippen LogP contribution in [0.5, 0.6) is 0 Å². The highest BCUT2D eigenvalue weighted by atomic mass is 32.2. The highest BCUT2D eigenvalue weighted by Gasteiger charge is 2.32. The minimum Gasteiger partial charge on any atom is -0.312 e. The van der Waals surface area contributed by atoms with Crippen molar-refractivity contribution in [1.29, 1.82) is 0 Å². The molecule has 3 rings (SSSR count). The van der Waals surface area contributed by atoms with Crippen LogP contribution < -0.4 is 0 Å². The maximum atomic E-state index is 12.2. The Labute approximate surface area is 131 Å². The van der Waals surface area contributed by atoms with Gasteiger partial charge in [-0.3, -0.25) is 0 Å². The minimum absolute atomic E-state index is 0.306. The lowest BCUT2D eigenvalue weighted by Gasteiger charge is -2.31. The molecule has 9 heteroatoms. The summed E-state index contributed by atoms with van der Waals surface area (Å²) in [7, 11) is 1.86. The van der Waals surface area contributed by atoms with E-state index < -0.39 is 10.2 Å². The molecule has 22 heavy (non-hydrogen) atoms. The number of likely N-dealkylation sites (tertiary alicyclic amines) is 1. The molecule has 0 radical (unpaired) electrons. The molecule has 0 unspecified atom stereocenters. The molecule has 0 amide bonds. The zero-order chi connectivity index (χ0) is 15.9. The molecule has 0 saturated carbocycles. The van der Waals surface area contributed by atoms with Gasteiger partial charge in [0.05, 0.1) is 6.54 Å². The maximum absolute atomic E-state index is 12.2. The molecule has 0 aliphatic carbocycles. The van der Waals surface area contributed by atoms with Crippen molar-refractivity contribution < 1.29 is 8.42 Å². The van der Waals surface area contributed by atoms with Gasteiger partial charge in [-0.15, -0.1) is 10.2 Å². The molecule has 2 aliphatic heterocycles. The predicted octanol–water partition coefficient (Wildman–Crippen LogP) is -0.291. The van der Waals surface area contributed by atoms with Crippen molar-refractivity contribution in [3.63, 3.8) is 0 Å². The second-order valence-electron chi connectivity index (χ2n) is 6.33. The fourth-order valence-electron chi connectivity index (χ4n) is 3.15.